The van der Waals surface area contributed by atoms with Crippen molar-refractivity contribution in [2.75, 3.05) is 6.61 Å². The van der Waals surface area contributed by atoms with Crippen LogP contribution in [0, 0.1) is 5.92 Å². The second-order valence-electron chi connectivity index (χ2n) is 6.67. The van der Waals surface area contributed by atoms with E-state index < -0.39 is 0 Å². The Balaban J connectivity index is 1.91. The molecule has 0 heterocycles. The molecule has 0 atom stereocenters. The highest BCUT2D eigenvalue weighted by molar-refractivity contribution is 5.33. The van der Waals surface area contributed by atoms with Gasteiger partial charge in [-0.25, -0.2) is 0 Å². The van der Waals surface area contributed by atoms with E-state index in [1.54, 1.807) is 0 Å². The molecule has 1 aliphatic carbocycles. The summed E-state index contributed by atoms with van der Waals surface area (Å²) in [6, 6.07) is 8.39. The monoisotopic (exact) mass is 261 g/mol. The van der Waals surface area contributed by atoms with Gasteiger partial charge >= 0.3 is 0 Å². The zero-order valence-corrected chi connectivity index (χ0v) is 12.5. The van der Waals surface area contributed by atoms with Crippen molar-refractivity contribution in [2.45, 2.75) is 58.5 Å². The normalized spacial score (nSPS) is 16.8. The van der Waals surface area contributed by atoms with Gasteiger partial charge < -0.3 is 10.1 Å². The predicted octanol–water partition coefficient (Wildman–Crippen LogP) is 4.14. The summed E-state index contributed by atoms with van der Waals surface area (Å²) >= 11 is 0. The van der Waals surface area contributed by atoms with E-state index >= 15 is 0 Å². The molecule has 0 aliphatic heterocycles. The van der Waals surface area contributed by atoms with E-state index in [1.807, 2.05) is 0 Å². The first kappa shape index (κ1) is 14.4. The zero-order valence-electron chi connectivity index (χ0n) is 12.5. The molecule has 0 unspecified atom stereocenters. The van der Waals surface area contributed by atoms with Crippen molar-refractivity contribution in [3.8, 4) is 5.75 Å². The molecule has 19 heavy (non-hydrogen) atoms. The summed E-state index contributed by atoms with van der Waals surface area (Å²) in [5, 5.41) is 3.53. The molecule has 2 heteroatoms. The van der Waals surface area contributed by atoms with Crippen LogP contribution in [0.4, 0.5) is 0 Å². The minimum absolute atomic E-state index is 0.137. The van der Waals surface area contributed by atoms with Gasteiger partial charge in [-0.2, -0.15) is 0 Å². The smallest absolute Gasteiger partial charge is 0.123 e. The Kier molecular flexibility index (Phi) is 4.87. The van der Waals surface area contributed by atoms with Crippen molar-refractivity contribution in [2.24, 2.45) is 5.92 Å². The van der Waals surface area contributed by atoms with E-state index in [4.69, 9.17) is 4.74 Å². The van der Waals surface area contributed by atoms with E-state index in [9.17, 15) is 0 Å². The number of hydrogen-bond donors (Lipinski definition) is 1. The Labute approximate surface area is 117 Å². The summed E-state index contributed by atoms with van der Waals surface area (Å²) in [5.74, 6) is 1.81. The fourth-order valence-corrected chi connectivity index (χ4v) is 2.54. The first-order chi connectivity index (χ1) is 9.04. The minimum Gasteiger partial charge on any atom is -0.493 e. The van der Waals surface area contributed by atoms with Crippen LogP contribution in [0.15, 0.2) is 24.3 Å². The lowest BCUT2D eigenvalue weighted by atomic mass is 10.1. The van der Waals surface area contributed by atoms with E-state index in [2.05, 4.69) is 50.4 Å². The van der Waals surface area contributed by atoms with Crippen LogP contribution in [-0.2, 0) is 6.54 Å². The topological polar surface area (TPSA) is 21.3 Å². The number of hydrogen-bond acceptors (Lipinski definition) is 2. The van der Waals surface area contributed by atoms with Crippen LogP contribution >= 0.6 is 0 Å². The highest BCUT2D eigenvalue weighted by Gasteiger charge is 2.16. The van der Waals surface area contributed by atoms with Gasteiger partial charge in [0.25, 0.3) is 0 Å². The Morgan fingerprint density at radius 3 is 2.53 bits per heavy atom. The van der Waals surface area contributed by atoms with E-state index in [0.29, 0.717) is 0 Å². The molecule has 0 bridgehead atoms. The highest BCUT2D eigenvalue weighted by atomic mass is 16.5. The summed E-state index contributed by atoms with van der Waals surface area (Å²) in [7, 11) is 0. The molecule has 1 aromatic carbocycles. The summed E-state index contributed by atoms with van der Waals surface area (Å²) in [6.45, 7) is 8.32. The van der Waals surface area contributed by atoms with Crippen LogP contribution in [0.5, 0.6) is 5.75 Å². The number of benzene rings is 1. The molecule has 106 valence electrons. The first-order valence-corrected chi connectivity index (χ1v) is 7.50. The molecule has 1 aromatic rings. The minimum atomic E-state index is 0.137. The second kappa shape index (κ2) is 6.42. The third-order valence-electron chi connectivity index (χ3n) is 3.73. The van der Waals surface area contributed by atoms with Crippen molar-refractivity contribution in [1.29, 1.82) is 0 Å². The summed E-state index contributed by atoms with van der Waals surface area (Å²) in [5.41, 5.74) is 1.40. The lowest BCUT2D eigenvalue weighted by Gasteiger charge is -2.22. The molecule has 1 fully saturated rings. The lowest BCUT2D eigenvalue weighted by Crippen LogP contribution is -2.35. The zero-order chi connectivity index (χ0) is 13.7. The molecule has 2 rings (SSSR count). The molecule has 2 nitrogen and oxygen atoms in total. The van der Waals surface area contributed by atoms with Crippen molar-refractivity contribution in [1.82, 2.24) is 5.32 Å². The van der Waals surface area contributed by atoms with E-state index in [-0.39, 0.29) is 5.54 Å². The van der Waals surface area contributed by atoms with Crippen molar-refractivity contribution in [3.05, 3.63) is 29.8 Å². The van der Waals surface area contributed by atoms with Crippen LogP contribution in [0.1, 0.15) is 52.0 Å². The van der Waals surface area contributed by atoms with Gasteiger partial charge in [-0.05, 0) is 45.6 Å². The number of para-hydroxylation sites is 1. The predicted molar refractivity (Wildman–Crippen MR) is 80.5 cm³/mol. The molecular weight excluding hydrogens is 234 g/mol. The van der Waals surface area contributed by atoms with Crippen LogP contribution in [-0.4, -0.2) is 12.1 Å². The van der Waals surface area contributed by atoms with Gasteiger partial charge in [-0.15, -0.1) is 0 Å². The molecule has 0 saturated heterocycles. The number of nitrogens with one attached hydrogen (secondary N) is 1. The Bertz CT molecular complexity index is 388. The van der Waals surface area contributed by atoms with Crippen LogP contribution < -0.4 is 10.1 Å². The molecule has 1 aliphatic rings. The lowest BCUT2D eigenvalue weighted by molar-refractivity contribution is 0.249. The third-order valence-corrected chi connectivity index (χ3v) is 3.73. The molecule has 1 N–H and O–H groups in total. The largest absolute Gasteiger partial charge is 0.493 e. The Morgan fingerprint density at radius 1 is 1.16 bits per heavy atom. The molecule has 0 aromatic heterocycles. The molecule has 0 amide bonds. The molecular formula is C17H27NO. The number of ether oxygens (including phenoxy) is 1. The average Bonchev–Trinajstić information content (AvgIpc) is 2.87. The summed E-state index contributed by atoms with van der Waals surface area (Å²) in [6.07, 6.45) is 5.42. The molecule has 0 spiro atoms. The second-order valence-corrected chi connectivity index (χ2v) is 6.67. The molecule has 0 radical (unpaired) electrons. The van der Waals surface area contributed by atoms with E-state index in [1.165, 1.54) is 31.2 Å². The van der Waals surface area contributed by atoms with Crippen LogP contribution in [0.2, 0.25) is 0 Å². The highest BCUT2D eigenvalue weighted by Crippen LogP contribution is 2.26. The van der Waals surface area contributed by atoms with E-state index in [0.717, 1.165) is 24.8 Å². The first-order valence-electron chi connectivity index (χ1n) is 7.50. The fourth-order valence-electron chi connectivity index (χ4n) is 2.54. The quantitative estimate of drug-likeness (QED) is 0.860. The van der Waals surface area contributed by atoms with Gasteiger partial charge in [0.1, 0.15) is 5.75 Å². The summed E-state index contributed by atoms with van der Waals surface area (Å²) < 4.78 is 6.05. The molecule has 1 saturated carbocycles. The van der Waals surface area contributed by atoms with Crippen molar-refractivity contribution < 1.29 is 4.74 Å². The van der Waals surface area contributed by atoms with Crippen molar-refractivity contribution >= 4 is 0 Å². The van der Waals surface area contributed by atoms with Gasteiger partial charge in [0.05, 0.1) is 6.61 Å². The SMILES string of the molecule is CC(C)(C)NCc1ccccc1OCC1CCCC1. The maximum absolute atomic E-state index is 6.05. The van der Waals surface area contributed by atoms with Gasteiger partial charge in [0, 0.05) is 17.6 Å². The summed E-state index contributed by atoms with van der Waals surface area (Å²) in [4.78, 5) is 0. The van der Waals surface area contributed by atoms with Gasteiger partial charge in [0.15, 0.2) is 0 Å². The van der Waals surface area contributed by atoms with Gasteiger partial charge in [0.2, 0.25) is 0 Å². The van der Waals surface area contributed by atoms with Crippen LogP contribution in [0.25, 0.3) is 0 Å². The Hall–Kier alpha value is -1.02. The number of rotatable bonds is 5. The van der Waals surface area contributed by atoms with Crippen LogP contribution in [0.3, 0.4) is 0 Å². The average molecular weight is 261 g/mol. The Morgan fingerprint density at radius 2 is 1.84 bits per heavy atom. The fraction of sp³-hybridized carbons (Fsp3) is 0.647. The maximum Gasteiger partial charge on any atom is 0.123 e. The van der Waals surface area contributed by atoms with Gasteiger partial charge in [-0.1, -0.05) is 31.0 Å². The standard InChI is InChI=1S/C17H27NO/c1-17(2,3)18-12-15-10-6-7-11-16(15)19-13-14-8-4-5-9-14/h6-7,10-11,14,18H,4-5,8-9,12-13H2,1-3H3. The van der Waals surface area contributed by atoms with Gasteiger partial charge in [-0.3, -0.25) is 0 Å². The third kappa shape index (κ3) is 4.87. The maximum atomic E-state index is 6.05. The van der Waals surface area contributed by atoms with Crippen molar-refractivity contribution in [3.63, 3.8) is 0 Å².